The van der Waals surface area contributed by atoms with Crippen LogP contribution >= 0.6 is 11.6 Å². The molecule has 1 nitrogen and oxygen atoms in total. The predicted molar refractivity (Wildman–Crippen MR) is 79.0 cm³/mol. The van der Waals surface area contributed by atoms with E-state index in [9.17, 15) is 0 Å². The van der Waals surface area contributed by atoms with Gasteiger partial charge in [-0.2, -0.15) is 0 Å². The van der Waals surface area contributed by atoms with Gasteiger partial charge in [0.05, 0.1) is 0 Å². The molecule has 0 aliphatic rings. The Bertz CT molecular complexity index is 535. The Morgan fingerprint density at radius 3 is 2.22 bits per heavy atom. The van der Waals surface area contributed by atoms with Gasteiger partial charge in [-0.25, -0.2) is 0 Å². The molecule has 0 N–H and O–H groups in total. The van der Waals surface area contributed by atoms with Crippen molar-refractivity contribution in [3.8, 4) is 5.69 Å². The highest BCUT2D eigenvalue weighted by molar-refractivity contribution is 6.31. The van der Waals surface area contributed by atoms with Gasteiger partial charge in [0.2, 0.25) is 0 Å². The number of rotatable bonds is 3. The molecule has 18 heavy (non-hydrogen) atoms. The molecule has 0 amide bonds. The Morgan fingerprint density at radius 1 is 1.11 bits per heavy atom. The summed E-state index contributed by atoms with van der Waals surface area (Å²) in [6.07, 6.45) is 1.11. The topological polar surface area (TPSA) is 4.93 Å². The van der Waals surface area contributed by atoms with E-state index in [4.69, 9.17) is 11.6 Å². The zero-order chi connectivity index (χ0) is 13.3. The number of aryl methyl sites for hydroxylation is 2. The summed E-state index contributed by atoms with van der Waals surface area (Å²) in [6.45, 7) is 8.63. The average molecular weight is 262 g/mol. The van der Waals surface area contributed by atoms with Crippen LogP contribution in [0.3, 0.4) is 0 Å². The van der Waals surface area contributed by atoms with E-state index in [1.165, 1.54) is 17.0 Å². The molecule has 0 aliphatic heterocycles. The van der Waals surface area contributed by atoms with Gasteiger partial charge < -0.3 is 4.57 Å². The van der Waals surface area contributed by atoms with Gasteiger partial charge in [-0.15, -0.1) is 0 Å². The van der Waals surface area contributed by atoms with Gasteiger partial charge >= 0.3 is 0 Å². The molecule has 1 aromatic heterocycles. The van der Waals surface area contributed by atoms with E-state index in [-0.39, 0.29) is 0 Å². The standard InChI is InChI=1S/C16H20ClN/c1-5-11(2)15-9-8-14(10-16(15)17)18-12(3)6-7-13(18)4/h6-11H,5H2,1-4H3. The maximum Gasteiger partial charge on any atom is 0.0469 e. The first-order chi connectivity index (χ1) is 8.54. The third-order valence-corrected chi connectivity index (χ3v) is 3.98. The summed E-state index contributed by atoms with van der Waals surface area (Å²) < 4.78 is 2.23. The van der Waals surface area contributed by atoms with Crippen molar-refractivity contribution in [2.75, 3.05) is 0 Å². The molecule has 0 fully saturated rings. The van der Waals surface area contributed by atoms with Crippen LogP contribution in [-0.2, 0) is 0 Å². The van der Waals surface area contributed by atoms with Crippen molar-refractivity contribution in [2.45, 2.75) is 40.0 Å². The molecule has 0 bridgehead atoms. The zero-order valence-electron chi connectivity index (χ0n) is 11.5. The Hall–Kier alpha value is -1.21. The first-order valence-electron chi connectivity index (χ1n) is 6.49. The predicted octanol–water partition coefficient (Wildman–Crippen LogP) is 5.26. The second-order valence-corrected chi connectivity index (χ2v) is 5.37. The molecule has 0 saturated carbocycles. The second-order valence-electron chi connectivity index (χ2n) is 4.97. The summed E-state index contributed by atoms with van der Waals surface area (Å²) in [5.74, 6) is 0.512. The van der Waals surface area contributed by atoms with Crippen LogP contribution in [-0.4, -0.2) is 4.57 Å². The largest absolute Gasteiger partial charge is 0.318 e. The summed E-state index contributed by atoms with van der Waals surface area (Å²) >= 11 is 6.41. The number of hydrogen-bond donors (Lipinski definition) is 0. The Morgan fingerprint density at radius 2 is 1.72 bits per heavy atom. The minimum Gasteiger partial charge on any atom is -0.318 e. The average Bonchev–Trinajstić information content (AvgIpc) is 2.68. The maximum atomic E-state index is 6.41. The molecule has 1 atom stereocenters. The molecule has 1 unspecified atom stereocenters. The van der Waals surface area contributed by atoms with Crippen molar-refractivity contribution in [1.29, 1.82) is 0 Å². The van der Waals surface area contributed by atoms with Crippen LogP contribution in [0.1, 0.15) is 43.1 Å². The fraction of sp³-hybridized carbons (Fsp3) is 0.375. The molecule has 2 rings (SSSR count). The highest BCUT2D eigenvalue weighted by Gasteiger charge is 2.10. The van der Waals surface area contributed by atoms with Crippen LogP contribution < -0.4 is 0 Å². The van der Waals surface area contributed by atoms with Crippen LogP contribution in [0.25, 0.3) is 5.69 Å². The van der Waals surface area contributed by atoms with Crippen molar-refractivity contribution < 1.29 is 0 Å². The van der Waals surface area contributed by atoms with Gasteiger partial charge in [-0.05, 0) is 56.0 Å². The van der Waals surface area contributed by atoms with Gasteiger partial charge in [0.1, 0.15) is 0 Å². The quantitative estimate of drug-likeness (QED) is 0.710. The van der Waals surface area contributed by atoms with E-state index in [1.54, 1.807) is 0 Å². The highest BCUT2D eigenvalue weighted by Crippen LogP contribution is 2.29. The molecule has 2 heteroatoms. The molecule has 2 aromatic rings. The van der Waals surface area contributed by atoms with E-state index in [2.05, 4.69) is 62.6 Å². The van der Waals surface area contributed by atoms with E-state index in [1.807, 2.05) is 0 Å². The third-order valence-electron chi connectivity index (χ3n) is 3.66. The van der Waals surface area contributed by atoms with Gasteiger partial charge in [0.15, 0.2) is 0 Å². The Labute approximate surface area is 114 Å². The minimum absolute atomic E-state index is 0.512. The van der Waals surface area contributed by atoms with E-state index >= 15 is 0 Å². The van der Waals surface area contributed by atoms with Crippen molar-refractivity contribution in [3.05, 3.63) is 52.3 Å². The summed E-state index contributed by atoms with van der Waals surface area (Å²) in [5, 5.41) is 0.870. The van der Waals surface area contributed by atoms with Gasteiger partial charge in [-0.3, -0.25) is 0 Å². The van der Waals surface area contributed by atoms with Crippen molar-refractivity contribution in [2.24, 2.45) is 0 Å². The lowest BCUT2D eigenvalue weighted by molar-refractivity contribution is 0.733. The number of benzene rings is 1. The first kappa shape index (κ1) is 13.2. The van der Waals surface area contributed by atoms with Gasteiger partial charge in [0, 0.05) is 22.1 Å². The number of hydrogen-bond acceptors (Lipinski definition) is 0. The molecule has 1 aromatic carbocycles. The molecular weight excluding hydrogens is 242 g/mol. The summed E-state index contributed by atoms with van der Waals surface area (Å²) in [7, 11) is 0. The van der Waals surface area contributed by atoms with E-state index in [0.717, 1.165) is 17.1 Å². The molecule has 0 saturated heterocycles. The molecule has 1 heterocycles. The summed E-state index contributed by atoms with van der Waals surface area (Å²) in [5.41, 5.74) is 4.86. The van der Waals surface area contributed by atoms with Crippen LogP contribution in [0, 0.1) is 13.8 Å². The van der Waals surface area contributed by atoms with Crippen LogP contribution in [0.5, 0.6) is 0 Å². The monoisotopic (exact) mass is 261 g/mol. The SMILES string of the molecule is CCC(C)c1ccc(-n2c(C)ccc2C)cc1Cl. The van der Waals surface area contributed by atoms with Gasteiger partial charge in [0.25, 0.3) is 0 Å². The van der Waals surface area contributed by atoms with Crippen LogP contribution in [0.2, 0.25) is 5.02 Å². The maximum absolute atomic E-state index is 6.41. The third kappa shape index (κ3) is 2.32. The highest BCUT2D eigenvalue weighted by atomic mass is 35.5. The fourth-order valence-electron chi connectivity index (χ4n) is 2.35. The van der Waals surface area contributed by atoms with E-state index < -0.39 is 0 Å². The fourth-order valence-corrected chi connectivity index (χ4v) is 2.71. The van der Waals surface area contributed by atoms with Crippen molar-refractivity contribution in [3.63, 3.8) is 0 Å². The smallest absolute Gasteiger partial charge is 0.0469 e. The summed E-state index contributed by atoms with van der Waals surface area (Å²) in [6, 6.07) is 10.7. The molecule has 0 aliphatic carbocycles. The molecule has 0 radical (unpaired) electrons. The summed E-state index contributed by atoms with van der Waals surface area (Å²) in [4.78, 5) is 0. The van der Waals surface area contributed by atoms with Crippen LogP contribution in [0.4, 0.5) is 0 Å². The zero-order valence-corrected chi connectivity index (χ0v) is 12.3. The van der Waals surface area contributed by atoms with Crippen molar-refractivity contribution >= 4 is 11.6 Å². The van der Waals surface area contributed by atoms with Crippen molar-refractivity contribution in [1.82, 2.24) is 4.57 Å². The lowest BCUT2D eigenvalue weighted by atomic mass is 9.98. The van der Waals surface area contributed by atoms with Crippen LogP contribution in [0.15, 0.2) is 30.3 Å². The van der Waals surface area contributed by atoms with E-state index in [0.29, 0.717) is 5.92 Å². The number of halogens is 1. The lowest BCUT2D eigenvalue weighted by Gasteiger charge is -2.15. The molecule has 96 valence electrons. The molecule has 0 spiro atoms. The second kappa shape index (κ2) is 5.19. The van der Waals surface area contributed by atoms with Gasteiger partial charge in [-0.1, -0.05) is 31.5 Å². The number of nitrogens with zero attached hydrogens (tertiary/aromatic N) is 1. The molecular formula is C16H20ClN. The normalized spacial score (nSPS) is 12.7. The number of aromatic nitrogens is 1. The Kier molecular flexibility index (Phi) is 3.82. The Balaban J connectivity index is 2.47. The first-order valence-corrected chi connectivity index (χ1v) is 6.87. The lowest BCUT2D eigenvalue weighted by Crippen LogP contribution is -2.00. The minimum atomic E-state index is 0.512.